The van der Waals surface area contributed by atoms with Crippen molar-refractivity contribution in [2.75, 3.05) is 0 Å². The predicted octanol–water partition coefficient (Wildman–Crippen LogP) is 3.22. The van der Waals surface area contributed by atoms with Gasteiger partial charge in [0.05, 0.1) is 16.6 Å². The van der Waals surface area contributed by atoms with Gasteiger partial charge in [0.2, 0.25) is 0 Å². The molecule has 1 aliphatic heterocycles. The lowest BCUT2D eigenvalue weighted by atomic mass is 9.95. The number of aromatic amines is 1. The molecule has 5 rings (SSSR count). The molecule has 0 bridgehead atoms. The Hall–Kier alpha value is -2.62. The molecule has 2 aromatic heterocycles. The molecule has 114 valence electrons. The van der Waals surface area contributed by atoms with Crippen LogP contribution in [0.5, 0.6) is 0 Å². The first-order valence-corrected chi connectivity index (χ1v) is 8.14. The monoisotopic (exact) mass is 303 g/mol. The van der Waals surface area contributed by atoms with E-state index in [1.807, 2.05) is 29.7 Å². The zero-order valence-electron chi connectivity index (χ0n) is 13.0. The molecule has 0 saturated heterocycles. The topological polar surface area (TPSA) is 50.7 Å². The molecule has 0 unspecified atom stereocenters. The number of hydrogen-bond donors (Lipinski definition) is 1. The Morgan fingerprint density at radius 3 is 3.04 bits per heavy atom. The van der Waals surface area contributed by atoms with E-state index in [1.54, 1.807) is 0 Å². The highest BCUT2D eigenvalue weighted by Gasteiger charge is 2.26. The van der Waals surface area contributed by atoms with Gasteiger partial charge in [0.1, 0.15) is 0 Å². The zero-order chi connectivity index (χ0) is 15.6. The van der Waals surface area contributed by atoms with Crippen molar-refractivity contribution in [2.24, 2.45) is 0 Å². The molecule has 3 heterocycles. The van der Waals surface area contributed by atoms with Crippen LogP contribution in [0.15, 0.2) is 29.1 Å². The van der Waals surface area contributed by atoms with E-state index >= 15 is 0 Å². The molecule has 1 N–H and O–H groups in total. The normalized spacial score (nSPS) is 15.3. The average molecular weight is 303 g/mol. The number of rotatable bonds is 0. The number of allylic oxidation sites excluding steroid dienone is 1. The number of nitrogens with zero attached hydrogens (tertiary/aromatic N) is 2. The van der Waals surface area contributed by atoms with Gasteiger partial charge in [-0.15, -0.1) is 0 Å². The summed E-state index contributed by atoms with van der Waals surface area (Å²) in [7, 11) is 0. The van der Waals surface area contributed by atoms with Crippen molar-refractivity contribution in [1.82, 2.24) is 14.5 Å². The van der Waals surface area contributed by atoms with Gasteiger partial charge in [-0.3, -0.25) is 9.36 Å². The summed E-state index contributed by atoms with van der Waals surface area (Å²) in [4.78, 5) is 21.2. The van der Waals surface area contributed by atoms with Crippen molar-refractivity contribution in [3.63, 3.8) is 0 Å². The van der Waals surface area contributed by atoms with E-state index in [1.165, 1.54) is 16.8 Å². The van der Waals surface area contributed by atoms with Crippen molar-refractivity contribution >= 4 is 17.0 Å². The summed E-state index contributed by atoms with van der Waals surface area (Å²) >= 11 is 0. The Morgan fingerprint density at radius 2 is 2.13 bits per heavy atom. The average Bonchev–Trinajstić information content (AvgIpc) is 2.94. The van der Waals surface area contributed by atoms with Gasteiger partial charge in [-0.25, -0.2) is 4.98 Å². The Labute approximate surface area is 133 Å². The Balaban J connectivity index is 1.85. The maximum absolute atomic E-state index is 12.8. The van der Waals surface area contributed by atoms with Gasteiger partial charge in [0, 0.05) is 12.2 Å². The highest BCUT2D eigenvalue weighted by Crippen LogP contribution is 2.34. The minimum absolute atomic E-state index is 0.0683. The number of nitrogens with one attached hydrogen (secondary N) is 1. The molecular formula is C19H17N3O. The van der Waals surface area contributed by atoms with Gasteiger partial charge >= 0.3 is 0 Å². The van der Waals surface area contributed by atoms with Crippen molar-refractivity contribution in [1.29, 1.82) is 0 Å². The minimum Gasteiger partial charge on any atom is -0.352 e. The second-order valence-electron chi connectivity index (χ2n) is 6.47. The van der Waals surface area contributed by atoms with Crippen molar-refractivity contribution in [3.8, 4) is 11.5 Å². The smallest absolute Gasteiger partial charge is 0.261 e. The number of hydrogen-bond acceptors (Lipinski definition) is 2. The molecule has 2 aliphatic rings. The van der Waals surface area contributed by atoms with Gasteiger partial charge in [-0.2, -0.15) is 0 Å². The number of aryl methyl sites for hydroxylation is 1. The fraction of sp³-hybridized carbons (Fsp3) is 0.263. The van der Waals surface area contributed by atoms with E-state index in [4.69, 9.17) is 4.98 Å². The van der Waals surface area contributed by atoms with Crippen LogP contribution >= 0.6 is 0 Å². The van der Waals surface area contributed by atoms with Crippen LogP contribution in [0.3, 0.4) is 0 Å². The number of H-pyrrole nitrogens is 1. The van der Waals surface area contributed by atoms with Gasteiger partial charge in [-0.05, 0) is 61.1 Å². The summed E-state index contributed by atoms with van der Waals surface area (Å²) in [6.45, 7) is 2.74. The van der Waals surface area contributed by atoms with Gasteiger partial charge in [0.15, 0.2) is 5.82 Å². The van der Waals surface area contributed by atoms with Crippen LogP contribution in [0.4, 0.5) is 0 Å². The van der Waals surface area contributed by atoms with Crippen LogP contribution in [0, 0.1) is 6.92 Å². The first-order valence-electron chi connectivity index (χ1n) is 8.14. The largest absolute Gasteiger partial charge is 0.352 e. The molecule has 1 aliphatic carbocycles. The Bertz CT molecular complexity index is 1050. The fourth-order valence-electron chi connectivity index (χ4n) is 3.88. The second kappa shape index (κ2) is 4.44. The van der Waals surface area contributed by atoms with Crippen LogP contribution < -0.4 is 5.56 Å². The van der Waals surface area contributed by atoms with Crippen LogP contribution in [0.1, 0.15) is 28.8 Å². The lowest BCUT2D eigenvalue weighted by molar-refractivity contribution is 0.648. The fourth-order valence-corrected chi connectivity index (χ4v) is 3.88. The molecule has 0 radical (unpaired) electrons. The molecule has 0 fully saturated rings. The number of aromatic nitrogens is 3. The number of benzene rings is 1. The molecule has 3 aromatic rings. The molecule has 1 aromatic carbocycles. The van der Waals surface area contributed by atoms with Gasteiger partial charge in [0.25, 0.3) is 5.56 Å². The zero-order valence-corrected chi connectivity index (χ0v) is 13.0. The maximum atomic E-state index is 12.8. The van der Waals surface area contributed by atoms with E-state index in [-0.39, 0.29) is 5.56 Å². The SMILES string of the molecule is Cc1ccc2c(=O)n3c(nc2c1)-c1[nH]c2c(c1CC3)CCC=C2. The summed E-state index contributed by atoms with van der Waals surface area (Å²) in [5.74, 6) is 0.789. The summed E-state index contributed by atoms with van der Waals surface area (Å²) in [6, 6.07) is 5.87. The highest BCUT2D eigenvalue weighted by atomic mass is 16.1. The van der Waals surface area contributed by atoms with Crippen LogP contribution in [-0.2, 0) is 19.4 Å². The summed E-state index contributed by atoms with van der Waals surface area (Å²) in [5.41, 5.74) is 6.97. The van der Waals surface area contributed by atoms with Crippen molar-refractivity contribution < 1.29 is 0 Å². The van der Waals surface area contributed by atoms with E-state index in [0.717, 1.165) is 41.9 Å². The van der Waals surface area contributed by atoms with E-state index < -0.39 is 0 Å². The first-order chi connectivity index (χ1) is 11.2. The molecule has 23 heavy (non-hydrogen) atoms. The minimum atomic E-state index is 0.0683. The summed E-state index contributed by atoms with van der Waals surface area (Å²) in [6.07, 6.45) is 7.43. The predicted molar refractivity (Wildman–Crippen MR) is 91.6 cm³/mol. The standard InChI is InChI=1S/C19H17N3O/c1-11-6-7-14-16(10-11)21-18-17-13(8-9-22(18)19(14)23)12-4-2-3-5-15(12)20-17/h3,5-7,10,20H,2,4,8-9H2,1H3. The molecular weight excluding hydrogens is 286 g/mol. The second-order valence-corrected chi connectivity index (χ2v) is 6.47. The van der Waals surface area contributed by atoms with E-state index in [9.17, 15) is 4.79 Å². The van der Waals surface area contributed by atoms with Crippen LogP contribution in [-0.4, -0.2) is 14.5 Å². The third-order valence-electron chi connectivity index (χ3n) is 5.02. The van der Waals surface area contributed by atoms with Crippen molar-refractivity contribution in [3.05, 3.63) is 57.0 Å². The number of fused-ring (bicyclic) bond motifs is 6. The molecule has 0 atom stereocenters. The summed E-state index contributed by atoms with van der Waals surface area (Å²) in [5, 5.41) is 0.707. The molecule has 0 saturated carbocycles. The Morgan fingerprint density at radius 1 is 1.22 bits per heavy atom. The maximum Gasteiger partial charge on any atom is 0.261 e. The molecule has 4 heteroatoms. The van der Waals surface area contributed by atoms with Crippen LogP contribution in [0.2, 0.25) is 0 Å². The molecule has 4 nitrogen and oxygen atoms in total. The summed E-state index contributed by atoms with van der Waals surface area (Å²) < 4.78 is 1.83. The third kappa shape index (κ3) is 1.72. The Kier molecular flexibility index (Phi) is 2.49. The van der Waals surface area contributed by atoms with Crippen molar-refractivity contribution in [2.45, 2.75) is 32.7 Å². The third-order valence-corrected chi connectivity index (χ3v) is 5.02. The highest BCUT2D eigenvalue weighted by molar-refractivity contribution is 5.81. The van der Waals surface area contributed by atoms with Gasteiger partial charge < -0.3 is 4.98 Å². The first kappa shape index (κ1) is 12.9. The van der Waals surface area contributed by atoms with Gasteiger partial charge in [-0.1, -0.05) is 12.1 Å². The molecule has 0 spiro atoms. The lowest BCUT2D eigenvalue weighted by Crippen LogP contribution is -2.27. The van der Waals surface area contributed by atoms with E-state index in [0.29, 0.717) is 11.9 Å². The molecule has 0 amide bonds. The van der Waals surface area contributed by atoms with E-state index in [2.05, 4.69) is 17.1 Å². The van der Waals surface area contributed by atoms with Crippen LogP contribution in [0.25, 0.3) is 28.5 Å². The lowest BCUT2D eigenvalue weighted by Gasteiger charge is -2.19. The quantitative estimate of drug-likeness (QED) is 0.693.